The highest BCUT2D eigenvalue weighted by molar-refractivity contribution is 7.13. The molecule has 5 nitrogen and oxygen atoms in total. The van der Waals surface area contributed by atoms with E-state index < -0.39 is 5.97 Å². The van der Waals surface area contributed by atoms with Crippen LogP contribution in [0.5, 0.6) is 0 Å². The average molecular weight is 314 g/mol. The van der Waals surface area contributed by atoms with Crippen LogP contribution in [0, 0.1) is 6.92 Å². The summed E-state index contributed by atoms with van der Waals surface area (Å²) in [5.41, 5.74) is 2.26. The third-order valence-electron chi connectivity index (χ3n) is 3.24. The van der Waals surface area contributed by atoms with Crippen molar-refractivity contribution in [1.29, 1.82) is 0 Å². The van der Waals surface area contributed by atoms with E-state index in [4.69, 9.17) is 4.74 Å². The van der Waals surface area contributed by atoms with Gasteiger partial charge < -0.3 is 9.72 Å². The molecule has 0 bridgehead atoms. The molecular weight excluding hydrogens is 300 g/mol. The Morgan fingerprint density at radius 1 is 1.41 bits per heavy atom. The second-order valence-electron chi connectivity index (χ2n) is 4.81. The van der Waals surface area contributed by atoms with Gasteiger partial charge in [0, 0.05) is 28.2 Å². The van der Waals surface area contributed by atoms with E-state index in [9.17, 15) is 9.59 Å². The Labute approximate surface area is 130 Å². The Bertz CT molecular complexity index is 911. The molecule has 0 amide bonds. The molecule has 0 saturated carbocycles. The van der Waals surface area contributed by atoms with E-state index in [0.29, 0.717) is 10.9 Å². The van der Waals surface area contributed by atoms with E-state index in [-0.39, 0.29) is 17.6 Å². The van der Waals surface area contributed by atoms with Gasteiger partial charge in [0.1, 0.15) is 10.6 Å². The molecule has 2 aromatic heterocycles. The molecule has 22 heavy (non-hydrogen) atoms. The Morgan fingerprint density at radius 2 is 2.23 bits per heavy atom. The molecule has 0 atom stereocenters. The fourth-order valence-electron chi connectivity index (χ4n) is 2.20. The first-order valence-electron chi connectivity index (χ1n) is 6.85. The number of thiazole rings is 1. The predicted molar refractivity (Wildman–Crippen MR) is 86.4 cm³/mol. The van der Waals surface area contributed by atoms with Gasteiger partial charge in [0.15, 0.2) is 0 Å². The number of rotatable bonds is 3. The van der Waals surface area contributed by atoms with Crippen LogP contribution in [-0.2, 0) is 4.74 Å². The van der Waals surface area contributed by atoms with Gasteiger partial charge in [-0.3, -0.25) is 4.79 Å². The molecule has 0 spiro atoms. The number of nitrogens with one attached hydrogen (secondary N) is 1. The molecule has 3 rings (SSSR count). The summed E-state index contributed by atoms with van der Waals surface area (Å²) in [5, 5.41) is 3.34. The quantitative estimate of drug-likeness (QED) is 0.754. The molecule has 0 aliphatic carbocycles. The van der Waals surface area contributed by atoms with Gasteiger partial charge in [-0.05, 0) is 26.0 Å². The first-order valence-corrected chi connectivity index (χ1v) is 7.73. The third kappa shape index (κ3) is 2.53. The van der Waals surface area contributed by atoms with Gasteiger partial charge in [0.05, 0.1) is 12.1 Å². The van der Waals surface area contributed by atoms with Gasteiger partial charge >= 0.3 is 5.97 Å². The molecule has 112 valence electrons. The number of benzene rings is 1. The molecule has 0 fully saturated rings. The molecular formula is C16H14N2O3S. The fraction of sp³-hybridized carbons (Fsp3) is 0.188. The van der Waals surface area contributed by atoms with Crippen LogP contribution >= 0.6 is 11.3 Å². The SMILES string of the molecule is CCOC(=O)c1c[nH]c2cc(-c3nc(C)cs3)ccc2c1=O. The molecule has 0 unspecified atom stereocenters. The van der Waals surface area contributed by atoms with Crippen LogP contribution < -0.4 is 5.43 Å². The molecule has 2 heterocycles. The molecule has 6 heteroatoms. The van der Waals surface area contributed by atoms with Crippen molar-refractivity contribution in [3.8, 4) is 10.6 Å². The van der Waals surface area contributed by atoms with Crippen molar-refractivity contribution in [3.05, 3.63) is 51.3 Å². The van der Waals surface area contributed by atoms with Crippen molar-refractivity contribution < 1.29 is 9.53 Å². The van der Waals surface area contributed by atoms with Gasteiger partial charge in [-0.2, -0.15) is 0 Å². The smallest absolute Gasteiger partial charge is 0.343 e. The second kappa shape index (κ2) is 5.73. The normalized spacial score (nSPS) is 10.8. The minimum absolute atomic E-state index is 0.0205. The average Bonchev–Trinajstić information content (AvgIpc) is 2.94. The number of esters is 1. The zero-order chi connectivity index (χ0) is 15.7. The van der Waals surface area contributed by atoms with Crippen LogP contribution in [0.1, 0.15) is 23.0 Å². The first kappa shape index (κ1) is 14.5. The predicted octanol–water partition coefficient (Wildman–Crippen LogP) is 3.14. The molecule has 0 aliphatic heterocycles. The zero-order valence-corrected chi connectivity index (χ0v) is 13.0. The van der Waals surface area contributed by atoms with E-state index >= 15 is 0 Å². The second-order valence-corrected chi connectivity index (χ2v) is 5.66. The van der Waals surface area contributed by atoms with Crippen LogP contribution in [0.15, 0.2) is 34.6 Å². The largest absolute Gasteiger partial charge is 0.462 e. The van der Waals surface area contributed by atoms with Crippen LogP contribution in [0.3, 0.4) is 0 Å². The van der Waals surface area contributed by atoms with E-state index in [0.717, 1.165) is 16.3 Å². The van der Waals surface area contributed by atoms with Crippen molar-refractivity contribution in [2.24, 2.45) is 0 Å². The number of aromatic nitrogens is 2. The van der Waals surface area contributed by atoms with Crippen molar-refractivity contribution in [2.45, 2.75) is 13.8 Å². The summed E-state index contributed by atoms with van der Waals surface area (Å²) in [6, 6.07) is 5.41. The van der Waals surface area contributed by atoms with Crippen LogP contribution in [0.2, 0.25) is 0 Å². The summed E-state index contributed by atoms with van der Waals surface area (Å²) in [5.74, 6) is -0.606. The highest BCUT2D eigenvalue weighted by Crippen LogP contribution is 2.25. The van der Waals surface area contributed by atoms with Gasteiger partial charge in [-0.1, -0.05) is 6.07 Å². The number of aryl methyl sites for hydroxylation is 1. The number of hydrogen-bond donors (Lipinski definition) is 1. The number of fused-ring (bicyclic) bond motifs is 1. The summed E-state index contributed by atoms with van der Waals surface area (Å²) in [6.07, 6.45) is 1.40. The van der Waals surface area contributed by atoms with Crippen molar-refractivity contribution in [3.63, 3.8) is 0 Å². The highest BCUT2D eigenvalue weighted by atomic mass is 32.1. The number of nitrogens with zero attached hydrogens (tertiary/aromatic N) is 1. The Morgan fingerprint density at radius 3 is 2.91 bits per heavy atom. The lowest BCUT2D eigenvalue weighted by molar-refractivity contribution is 0.0524. The van der Waals surface area contributed by atoms with Crippen LogP contribution in [-0.4, -0.2) is 22.5 Å². The summed E-state index contributed by atoms with van der Waals surface area (Å²) >= 11 is 1.55. The fourth-order valence-corrected chi connectivity index (χ4v) is 3.00. The minimum Gasteiger partial charge on any atom is -0.462 e. The molecule has 1 N–H and O–H groups in total. The Kier molecular flexibility index (Phi) is 3.77. The van der Waals surface area contributed by atoms with Crippen LogP contribution in [0.25, 0.3) is 21.5 Å². The monoisotopic (exact) mass is 314 g/mol. The lowest BCUT2D eigenvalue weighted by atomic mass is 10.1. The molecule has 3 aromatic rings. The van der Waals surface area contributed by atoms with E-state index in [1.165, 1.54) is 6.20 Å². The van der Waals surface area contributed by atoms with Gasteiger partial charge in [0.2, 0.25) is 5.43 Å². The number of carbonyl (C=O) groups is 1. The standard InChI is InChI=1S/C16H14N2O3S/c1-3-21-16(20)12-7-17-13-6-10(4-5-11(13)14(12)19)15-18-9(2)8-22-15/h4-8H,3H2,1-2H3,(H,17,19). The number of H-pyrrole nitrogens is 1. The number of hydrogen-bond acceptors (Lipinski definition) is 5. The molecule has 1 aromatic carbocycles. The zero-order valence-electron chi connectivity index (χ0n) is 12.2. The third-order valence-corrected chi connectivity index (χ3v) is 4.25. The van der Waals surface area contributed by atoms with Crippen molar-refractivity contribution in [2.75, 3.05) is 6.61 Å². The lowest BCUT2D eigenvalue weighted by Gasteiger charge is -2.04. The van der Waals surface area contributed by atoms with Gasteiger partial charge in [-0.15, -0.1) is 11.3 Å². The highest BCUT2D eigenvalue weighted by Gasteiger charge is 2.14. The maximum Gasteiger partial charge on any atom is 0.343 e. The number of ether oxygens (including phenoxy) is 1. The maximum absolute atomic E-state index is 12.4. The summed E-state index contributed by atoms with van der Waals surface area (Å²) < 4.78 is 4.89. The van der Waals surface area contributed by atoms with E-state index in [1.807, 2.05) is 24.4 Å². The number of aromatic amines is 1. The Balaban J connectivity index is 2.10. The van der Waals surface area contributed by atoms with Gasteiger partial charge in [-0.25, -0.2) is 9.78 Å². The maximum atomic E-state index is 12.4. The number of pyridine rings is 1. The van der Waals surface area contributed by atoms with Crippen LogP contribution in [0.4, 0.5) is 0 Å². The Hall–Kier alpha value is -2.47. The van der Waals surface area contributed by atoms with E-state index in [1.54, 1.807) is 24.3 Å². The number of carbonyl (C=O) groups excluding carboxylic acids is 1. The summed E-state index contributed by atoms with van der Waals surface area (Å²) in [6.45, 7) is 3.88. The molecule has 0 aliphatic rings. The lowest BCUT2D eigenvalue weighted by Crippen LogP contribution is -2.18. The minimum atomic E-state index is -0.606. The molecule has 0 saturated heterocycles. The summed E-state index contributed by atoms with van der Waals surface area (Å²) in [4.78, 5) is 31.5. The van der Waals surface area contributed by atoms with E-state index in [2.05, 4.69) is 9.97 Å². The van der Waals surface area contributed by atoms with Crippen molar-refractivity contribution >= 4 is 28.2 Å². The van der Waals surface area contributed by atoms with Gasteiger partial charge in [0.25, 0.3) is 0 Å². The van der Waals surface area contributed by atoms with Crippen molar-refractivity contribution in [1.82, 2.24) is 9.97 Å². The first-order chi connectivity index (χ1) is 10.6. The topological polar surface area (TPSA) is 72.1 Å². The summed E-state index contributed by atoms with van der Waals surface area (Å²) in [7, 11) is 0. The molecule has 0 radical (unpaired) electrons.